The van der Waals surface area contributed by atoms with Crippen molar-refractivity contribution in [3.8, 4) is 0 Å². The fourth-order valence-electron chi connectivity index (χ4n) is 2.18. The molecule has 0 aliphatic heterocycles. The Morgan fingerprint density at radius 2 is 2.20 bits per heavy atom. The Morgan fingerprint density at radius 3 is 2.75 bits per heavy atom. The Bertz CT molecular complexity index is 627. The lowest BCUT2D eigenvalue weighted by atomic mass is 10.0. The number of nitrogen functional groups attached to an aromatic ring is 1. The van der Waals surface area contributed by atoms with Crippen LogP contribution in [0, 0.1) is 0 Å². The molecular weight excluding hydrogens is 342 g/mol. The van der Waals surface area contributed by atoms with Crippen LogP contribution < -0.4 is 5.73 Å². The second-order valence-corrected chi connectivity index (χ2v) is 5.91. The maximum atomic E-state index is 10.4. The summed E-state index contributed by atoms with van der Waals surface area (Å²) in [5, 5.41) is 15.4. The smallest absolute Gasteiger partial charge is 0.0865 e. The predicted molar refractivity (Wildman–Crippen MR) is 84.8 cm³/mol. The third-order valence-corrected chi connectivity index (χ3v) is 4.45. The first-order chi connectivity index (χ1) is 9.43. The van der Waals surface area contributed by atoms with Crippen LogP contribution in [-0.2, 0) is 19.9 Å². The highest BCUT2D eigenvalue weighted by atomic mass is 79.9. The maximum Gasteiger partial charge on any atom is 0.0865 e. The first kappa shape index (κ1) is 15.4. The van der Waals surface area contributed by atoms with Crippen LogP contribution in [0.4, 0.5) is 5.69 Å². The molecule has 4 nitrogen and oxygen atoms in total. The zero-order valence-corrected chi connectivity index (χ0v) is 13.7. The molecule has 0 radical (unpaired) electrons. The van der Waals surface area contributed by atoms with Crippen LogP contribution in [-0.4, -0.2) is 14.9 Å². The van der Waals surface area contributed by atoms with E-state index in [4.69, 9.17) is 17.3 Å². The molecule has 0 saturated carbocycles. The number of halogens is 2. The van der Waals surface area contributed by atoms with E-state index in [0.717, 1.165) is 22.3 Å². The summed E-state index contributed by atoms with van der Waals surface area (Å²) in [6, 6.07) is 5.13. The van der Waals surface area contributed by atoms with Gasteiger partial charge in [-0.3, -0.25) is 4.68 Å². The highest BCUT2D eigenvalue weighted by Gasteiger charge is 2.18. The summed E-state index contributed by atoms with van der Waals surface area (Å²) in [5.74, 6) is 0. The molecule has 108 valence electrons. The van der Waals surface area contributed by atoms with Gasteiger partial charge in [-0.25, -0.2) is 0 Å². The number of nitrogens with zero attached hydrogens (tertiary/aromatic N) is 2. The van der Waals surface area contributed by atoms with Gasteiger partial charge < -0.3 is 10.8 Å². The van der Waals surface area contributed by atoms with Gasteiger partial charge in [-0.15, -0.1) is 0 Å². The van der Waals surface area contributed by atoms with Crippen LogP contribution in [0.5, 0.6) is 0 Å². The molecule has 0 bridgehead atoms. The van der Waals surface area contributed by atoms with Crippen molar-refractivity contribution in [2.45, 2.75) is 25.9 Å². The summed E-state index contributed by atoms with van der Waals surface area (Å²) in [4.78, 5) is 0. The molecule has 0 amide bonds. The molecule has 0 aliphatic carbocycles. The Kier molecular flexibility index (Phi) is 4.73. The molecule has 2 aromatic rings. The monoisotopic (exact) mass is 357 g/mol. The molecule has 2 rings (SSSR count). The van der Waals surface area contributed by atoms with Crippen LogP contribution in [0.3, 0.4) is 0 Å². The van der Waals surface area contributed by atoms with Gasteiger partial charge in [0, 0.05) is 29.7 Å². The fraction of sp³-hybridized carbons (Fsp3) is 0.357. The van der Waals surface area contributed by atoms with Gasteiger partial charge in [0.2, 0.25) is 0 Å². The van der Waals surface area contributed by atoms with Gasteiger partial charge in [0.05, 0.1) is 22.0 Å². The molecule has 20 heavy (non-hydrogen) atoms. The van der Waals surface area contributed by atoms with E-state index in [1.54, 1.807) is 22.9 Å². The van der Waals surface area contributed by atoms with Crippen molar-refractivity contribution < 1.29 is 5.11 Å². The van der Waals surface area contributed by atoms with E-state index in [0.29, 0.717) is 22.7 Å². The Labute approximate surface area is 131 Å². The second-order valence-electron chi connectivity index (χ2n) is 4.68. The molecule has 1 aromatic heterocycles. The minimum absolute atomic E-state index is 0.440. The summed E-state index contributed by atoms with van der Waals surface area (Å²) in [5.41, 5.74) is 9.02. The van der Waals surface area contributed by atoms with E-state index < -0.39 is 6.10 Å². The van der Waals surface area contributed by atoms with Gasteiger partial charge in [0.25, 0.3) is 0 Å². The fourth-order valence-corrected chi connectivity index (χ4v) is 3.14. The van der Waals surface area contributed by atoms with Gasteiger partial charge in [0.15, 0.2) is 0 Å². The number of hydrogen-bond acceptors (Lipinski definition) is 3. The Balaban J connectivity index is 2.27. The van der Waals surface area contributed by atoms with Crippen molar-refractivity contribution in [2.75, 3.05) is 5.73 Å². The molecule has 0 aliphatic rings. The number of anilines is 1. The number of aryl methyl sites for hydroxylation is 2. The first-order valence-electron chi connectivity index (χ1n) is 6.37. The van der Waals surface area contributed by atoms with Gasteiger partial charge in [-0.1, -0.05) is 24.6 Å². The highest BCUT2D eigenvalue weighted by Crippen LogP contribution is 2.30. The lowest BCUT2D eigenvalue weighted by Crippen LogP contribution is -2.09. The topological polar surface area (TPSA) is 64.1 Å². The Hall–Kier alpha value is -1.04. The maximum absolute atomic E-state index is 10.4. The zero-order valence-electron chi connectivity index (χ0n) is 11.4. The molecular formula is C14H17BrClN3O. The largest absolute Gasteiger partial charge is 0.398 e. The van der Waals surface area contributed by atoms with Crippen LogP contribution in [0.1, 0.15) is 30.0 Å². The third-order valence-electron chi connectivity index (χ3n) is 3.30. The van der Waals surface area contributed by atoms with Crippen molar-refractivity contribution in [1.29, 1.82) is 0 Å². The molecule has 0 spiro atoms. The average molecular weight is 359 g/mol. The van der Waals surface area contributed by atoms with Crippen LogP contribution in [0.2, 0.25) is 5.02 Å². The van der Waals surface area contributed by atoms with Crippen LogP contribution in [0.25, 0.3) is 0 Å². The number of rotatable bonds is 4. The van der Waals surface area contributed by atoms with Crippen molar-refractivity contribution in [3.05, 3.63) is 44.6 Å². The molecule has 3 N–H and O–H groups in total. The van der Waals surface area contributed by atoms with Crippen molar-refractivity contribution in [1.82, 2.24) is 9.78 Å². The van der Waals surface area contributed by atoms with Crippen LogP contribution >= 0.6 is 27.5 Å². The lowest BCUT2D eigenvalue weighted by Gasteiger charge is -2.14. The minimum Gasteiger partial charge on any atom is -0.398 e. The van der Waals surface area contributed by atoms with Crippen molar-refractivity contribution >= 4 is 33.2 Å². The SMILES string of the molecule is CCc1nn(C)c(CC(O)c2ccc(Cl)cc2N)c1Br. The number of nitrogens with two attached hydrogens (primary N) is 1. The number of hydrogen-bond donors (Lipinski definition) is 2. The van der Waals surface area contributed by atoms with E-state index in [1.165, 1.54) is 0 Å². The third kappa shape index (κ3) is 3.00. The molecule has 0 fully saturated rings. The number of aromatic nitrogens is 2. The summed E-state index contributed by atoms with van der Waals surface area (Å²) in [6.45, 7) is 2.05. The summed E-state index contributed by atoms with van der Waals surface area (Å²) < 4.78 is 2.74. The lowest BCUT2D eigenvalue weighted by molar-refractivity contribution is 0.176. The van der Waals surface area contributed by atoms with Gasteiger partial charge in [-0.2, -0.15) is 5.10 Å². The number of aliphatic hydroxyl groups excluding tert-OH is 1. The number of aliphatic hydroxyl groups is 1. The van der Waals surface area contributed by atoms with Crippen molar-refractivity contribution in [3.63, 3.8) is 0 Å². The van der Waals surface area contributed by atoms with Gasteiger partial charge in [0.1, 0.15) is 0 Å². The normalized spacial score (nSPS) is 12.7. The van der Waals surface area contributed by atoms with E-state index in [9.17, 15) is 5.11 Å². The molecule has 1 unspecified atom stereocenters. The molecule has 0 saturated heterocycles. The Morgan fingerprint density at radius 1 is 1.50 bits per heavy atom. The molecule has 6 heteroatoms. The van der Waals surface area contributed by atoms with Gasteiger partial charge >= 0.3 is 0 Å². The zero-order chi connectivity index (χ0) is 14.9. The first-order valence-corrected chi connectivity index (χ1v) is 7.54. The summed E-state index contributed by atoms with van der Waals surface area (Å²) >= 11 is 9.42. The number of benzene rings is 1. The second kappa shape index (κ2) is 6.16. The van der Waals surface area contributed by atoms with E-state index >= 15 is 0 Å². The highest BCUT2D eigenvalue weighted by molar-refractivity contribution is 9.10. The minimum atomic E-state index is -0.691. The van der Waals surface area contributed by atoms with E-state index in [1.807, 2.05) is 14.0 Å². The average Bonchev–Trinajstić information content (AvgIpc) is 2.66. The van der Waals surface area contributed by atoms with Crippen LogP contribution in [0.15, 0.2) is 22.7 Å². The molecule has 1 aromatic carbocycles. The van der Waals surface area contributed by atoms with E-state index in [-0.39, 0.29) is 0 Å². The quantitative estimate of drug-likeness (QED) is 0.825. The van der Waals surface area contributed by atoms with E-state index in [2.05, 4.69) is 21.0 Å². The molecule has 1 heterocycles. The predicted octanol–water partition coefficient (Wildman–Crippen LogP) is 3.26. The van der Waals surface area contributed by atoms with Crippen molar-refractivity contribution in [2.24, 2.45) is 7.05 Å². The molecule has 1 atom stereocenters. The standard InChI is InChI=1S/C14H17BrClN3O/c1-3-11-14(15)12(19(2)18-11)7-13(20)9-5-4-8(16)6-10(9)17/h4-6,13,20H,3,7,17H2,1-2H3. The van der Waals surface area contributed by atoms with Gasteiger partial charge in [-0.05, 0) is 34.5 Å². The summed E-state index contributed by atoms with van der Waals surface area (Å²) in [7, 11) is 1.87. The summed E-state index contributed by atoms with van der Waals surface area (Å²) in [6.07, 6.45) is 0.590.